The van der Waals surface area contributed by atoms with E-state index in [1.54, 1.807) is 30.1 Å². The smallest absolute Gasteiger partial charge is 0.406 e. The second-order valence-corrected chi connectivity index (χ2v) is 10.2. The summed E-state index contributed by atoms with van der Waals surface area (Å²) in [5, 5.41) is 15.6. The Bertz CT molecular complexity index is 1340. The number of halogens is 4. The zero-order chi connectivity index (χ0) is 29.6. The van der Waals surface area contributed by atoms with Gasteiger partial charge in [-0.1, -0.05) is 41.9 Å². The van der Waals surface area contributed by atoms with Crippen LogP contribution in [0.5, 0.6) is 5.75 Å². The van der Waals surface area contributed by atoms with Crippen molar-refractivity contribution in [3.8, 4) is 5.75 Å². The number of β-amino-alcohol motifs (C(OH)–C–C–N with tert-alkyl or cyclic N) is 1. The lowest BCUT2D eigenvalue weighted by atomic mass is 10.0. The molecule has 1 aliphatic heterocycles. The van der Waals surface area contributed by atoms with Gasteiger partial charge >= 0.3 is 12.4 Å². The highest BCUT2D eigenvalue weighted by molar-refractivity contribution is 6.30. The van der Waals surface area contributed by atoms with Gasteiger partial charge in [-0.3, -0.25) is 9.69 Å². The molecule has 0 spiro atoms. The number of nitrogens with zero attached hydrogens (tertiary/aromatic N) is 2. The molecule has 3 aromatic rings. The lowest BCUT2D eigenvalue weighted by molar-refractivity contribution is -0.274. The molecule has 1 saturated heterocycles. The molecule has 2 atom stereocenters. The fourth-order valence-electron chi connectivity index (χ4n) is 4.67. The van der Waals surface area contributed by atoms with Crippen molar-refractivity contribution in [2.24, 2.45) is 0 Å². The van der Waals surface area contributed by atoms with Gasteiger partial charge in [-0.2, -0.15) is 0 Å². The molecule has 1 heterocycles. The van der Waals surface area contributed by atoms with Gasteiger partial charge in [-0.25, -0.2) is 4.79 Å². The van der Waals surface area contributed by atoms with Crippen LogP contribution in [0.1, 0.15) is 23.6 Å². The molecule has 218 valence electrons. The molecule has 1 aliphatic rings. The Morgan fingerprint density at radius 3 is 2.44 bits per heavy atom. The number of nitrogens with one attached hydrogen (secondary N) is 2. The van der Waals surface area contributed by atoms with E-state index in [2.05, 4.69) is 20.3 Å². The molecule has 41 heavy (non-hydrogen) atoms. The summed E-state index contributed by atoms with van der Waals surface area (Å²) in [6, 6.07) is 18.2. The SMILES string of the molecule is CN(C(=O)Cc1cc(Cl)ccc1NC(=O)Nc1ccc(OC(F)(F)F)cc1)[C@H](CN1CC[C@H](O)C1)c1ccccc1. The molecule has 3 N–H and O–H groups in total. The minimum absolute atomic E-state index is 0.0535. The van der Waals surface area contributed by atoms with Crippen LogP contribution in [0.15, 0.2) is 72.8 Å². The van der Waals surface area contributed by atoms with Crippen molar-refractivity contribution in [1.82, 2.24) is 9.80 Å². The first-order chi connectivity index (χ1) is 19.5. The predicted molar refractivity (Wildman–Crippen MR) is 150 cm³/mol. The van der Waals surface area contributed by atoms with Gasteiger partial charge in [-0.15, -0.1) is 13.2 Å². The molecule has 4 rings (SSSR count). The summed E-state index contributed by atoms with van der Waals surface area (Å²) in [6.07, 6.45) is -4.57. The molecule has 0 radical (unpaired) electrons. The number of likely N-dealkylation sites (N-methyl/N-ethyl adjacent to an activating group) is 1. The minimum Gasteiger partial charge on any atom is -0.406 e. The summed E-state index contributed by atoms with van der Waals surface area (Å²) >= 11 is 6.22. The maximum absolute atomic E-state index is 13.5. The molecule has 0 saturated carbocycles. The number of amides is 3. The quantitative estimate of drug-likeness (QED) is 0.298. The second kappa shape index (κ2) is 13.2. The third-order valence-electron chi connectivity index (χ3n) is 6.73. The van der Waals surface area contributed by atoms with Crippen molar-refractivity contribution in [3.05, 3.63) is 88.9 Å². The first kappa shape index (κ1) is 30.2. The first-order valence-electron chi connectivity index (χ1n) is 12.9. The number of hydrogen-bond donors (Lipinski definition) is 3. The van der Waals surface area contributed by atoms with Crippen LogP contribution < -0.4 is 15.4 Å². The van der Waals surface area contributed by atoms with Crippen LogP contribution in [-0.2, 0) is 11.2 Å². The average Bonchev–Trinajstić information content (AvgIpc) is 3.33. The third-order valence-corrected chi connectivity index (χ3v) is 6.96. The topological polar surface area (TPSA) is 94.1 Å². The molecule has 3 amide bonds. The van der Waals surface area contributed by atoms with Crippen molar-refractivity contribution in [2.75, 3.05) is 37.3 Å². The van der Waals surface area contributed by atoms with Gasteiger partial charge < -0.3 is 25.4 Å². The molecule has 8 nitrogen and oxygen atoms in total. The fraction of sp³-hybridized carbons (Fsp3) is 0.310. The largest absolute Gasteiger partial charge is 0.573 e. The van der Waals surface area contributed by atoms with Crippen molar-refractivity contribution in [2.45, 2.75) is 31.3 Å². The van der Waals surface area contributed by atoms with Gasteiger partial charge in [0, 0.05) is 43.1 Å². The number of hydrogen-bond acceptors (Lipinski definition) is 5. The van der Waals surface area contributed by atoms with E-state index in [-0.39, 0.29) is 30.2 Å². The van der Waals surface area contributed by atoms with E-state index in [1.807, 2.05) is 30.3 Å². The number of anilines is 2. The van der Waals surface area contributed by atoms with Crippen molar-refractivity contribution >= 4 is 34.9 Å². The normalized spacial score (nSPS) is 16.2. The number of ether oxygens (including phenoxy) is 1. The van der Waals surface area contributed by atoms with Gasteiger partial charge in [0.1, 0.15) is 5.75 Å². The summed E-state index contributed by atoms with van der Waals surface area (Å²) in [6.45, 7) is 1.84. The summed E-state index contributed by atoms with van der Waals surface area (Å²) in [4.78, 5) is 30.0. The maximum Gasteiger partial charge on any atom is 0.573 e. The van der Waals surface area contributed by atoms with Crippen molar-refractivity contribution in [1.29, 1.82) is 0 Å². The van der Waals surface area contributed by atoms with Crippen molar-refractivity contribution in [3.63, 3.8) is 0 Å². The summed E-state index contributed by atoms with van der Waals surface area (Å²) in [5.74, 6) is -0.620. The molecule has 0 aliphatic carbocycles. The molecular weight excluding hydrogens is 561 g/mol. The number of benzene rings is 3. The molecule has 0 aromatic heterocycles. The van der Waals surface area contributed by atoms with E-state index in [9.17, 15) is 27.9 Å². The second-order valence-electron chi connectivity index (χ2n) is 9.76. The average molecular weight is 591 g/mol. The highest BCUT2D eigenvalue weighted by atomic mass is 35.5. The number of aliphatic hydroxyl groups is 1. The monoisotopic (exact) mass is 590 g/mol. The van der Waals surface area contributed by atoms with E-state index in [0.29, 0.717) is 35.8 Å². The maximum atomic E-state index is 13.5. The van der Waals surface area contributed by atoms with Crippen LogP contribution in [0.2, 0.25) is 5.02 Å². The van der Waals surface area contributed by atoms with Crippen molar-refractivity contribution < 1.29 is 32.6 Å². The van der Waals surface area contributed by atoms with E-state index >= 15 is 0 Å². The number of likely N-dealkylation sites (tertiary alicyclic amines) is 1. The van der Waals surface area contributed by atoms with E-state index in [0.717, 1.165) is 24.2 Å². The number of urea groups is 1. The number of carbonyl (C=O) groups excluding carboxylic acids is 2. The Labute approximate surface area is 240 Å². The van der Waals surface area contributed by atoms with Crippen LogP contribution in [0.4, 0.5) is 29.3 Å². The third kappa shape index (κ3) is 8.84. The Balaban J connectivity index is 1.45. The lowest BCUT2D eigenvalue weighted by Crippen LogP contribution is -2.39. The molecule has 12 heteroatoms. The van der Waals surface area contributed by atoms with Crippen LogP contribution in [0.3, 0.4) is 0 Å². The Morgan fingerprint density at radius 1 is 1.10 bits per heavy atom. The van der Waals surface area contributed by atoms with Gasteiger partial charge in [0.25, 0.3) is 0 Å². The van der Waals surface area contributed by atoms with Crippen LogP contribution in [0, 0.1) is 0 Å². The molecule has 3 aromatic carbocycles. The minimum atomic E-state index is -4.82. The number of alkyl halides is 3. The molecule has 0 bridgehead atoms. The Morgan fingerprint density at radius 2 is 1.80 bits per heavy atom. The highest BCUT2D eigenvalue weighted by Crippen LogP contribution is 2.27. The molecular formula is C29H30ClF3N4O4. The summed E-state index contributed by atoms with van der Waals surface area (Å²) < 4.78 is 41.0. The Kier molecular flexibility index (Phi) is 9.74. The van der Waals surface area contributed by atoms with Gasteiger partial charge in [0.15, 0.2) is 0 Å². The van der Waals surface area contributed by atoms with Gasteiger partial charge in [0.2, 0.25) is 5.91 Å². The van der Waals surface area contributed by atoms with Crippen LogP contribution in [0.25, 0.3) is 0 Å². The van der Waals surface area contributed by atoms with Gasteiger partial charge in [0.05, 0.1) is 18.6 Å². The Hall–Kier alpha value is -3.80. The summed E-state index contributed by atoms with van der Waals surface area (Å²) in [5.41, 5.74) is 2.03. The van der Waals surface area contributed by atoms with Gasteiger partial charge in [-0.05, 0) is 60.0 Å². The molecule has 0 unspecified atom stereocenters. The number of aliphatic hydroxyl groups excluding tert-OH is 1. The van der Waals surface area contributed by atoms with Crippen LogP contribution in [-0.4, -0.2) is 66.0 Å². The molecule has 1 fully saturated rings. The van der Waals surface area contributed by atoms with E-state index in [4.69, 9.17) is 11.6 Å². The van der Waals surface area contributed by atoms with E-state index < -0.39 is 18.1 Å². The fourth-order valence-corrected chi connectivity index (χ4v) is 4.86. The van der Waals surface area contributed by atoms with E-state index in [1.165, 1.54) is 12.1 Å². The van der Waals surface area contributed by atoms with Crippen LogP contribution >= 0.6 is 11.6 Å². The first-order valence-corrected chi connectivity index (χ1v) is 13.3. The number of carbonyl (C=O) groups is 2. The standard InChI is InChI=1S/C29H30ClF3N4O4/c1-36(26(19-5-3-2-4-6-19)18-37-14-13-23(38)17-37)27(39)16-20-15-21(30)7-12-25(20)35-28(40)34-22-8-10-24(11-9-22)41-29(31,32)33/h2-12,15,23,26,38H,13-14,16-18H2,1H3,(H2,34,35,40)/t23-,26+/m0/s1. The summed E-state index contributed by atoms with van der Waals surface area (Å²) in [7, 11) is 1.73. The number of rotatable bonds is 9. The lowest BCUT2D eigenvalue weighted by Gasteiger charge is -2.32. The zero-order valence-electron chi connectivity index (χ0n) is 22.2. The highest BCUT2D eigenvalue weighted by Gasteiger charge is 2.31. The predicted octanol–water partition coefficient (Wildman–Crippen LogP) is 5.69. The zero-order valence-corrected chi connectivity index (χ0v) is 23.0.